The topological polar surface area (TPSA) is 79.8 Å². The van der Waals surface area contributed by atoms with Gasteiger partial charge in [-0.1, -0.05) is 13.8 Å². The van der Waals surface area contributed by atoms with E-state index >= 15 is 0 Å². The van der Waals surface area contributed by atoms with Crippen LogP contribution in [0.4, 0.5) is 0 Å². The van der Waals surface area contributed by atoms with E-state index in [4.69, 9.17) is 18.9 Å². The van der Waals surface area contributed by atoms with Crippen molar-refractivity contribution >= 4 is 27.5 Å². The van der Waals surface area contributed by atoms with Crippen LogP contribution in [0.5, 0.6) is 5.88 Å². The molecule has 2 fully saturated rings. The molecule has 0 amide bonds. The molecule has 1 saturated heterocycles. The molecule has 2 aromatic heterocycles. The van der Waals surface area contributed by atoms with Gasteiger partial charge in [0.15, 0.2) is 5.82 Å². The molecule has 8 heteroatoms. The minimum atomic E-state index is -0.311. The van der Waals surface area contributed by atoms with Gasteiger partial charge in [0.2, 0.25) is 5.88 Å². The molecule has 2 aliphatic rings. The number of nitrogens with zero attached hydrogens (tertiary/aromatic N) is 2. The summed E-state index contributed by atoms with van der Waals surface area (Å²) in [6.07, 6.45) is 0.998. The van der Waals surface area contributed by atoms with Gasteiger partial charge in [0.05, 0.1) is 18.6 Å². The summed E-state index contributed by atoms with van der Waals surface area (Å²) in [7, 11) is 3.15. The molecule has 3 heterocycles. The number of hydrogen-bond donors (Lipinski definition) is 0. The van der Waals surface area contributed by atoms with Gasteiger partial charge in [-0.15, -0.1) is 11.3 Å². The first kappa shape index (κ1) is 18.6. The first-order valence-corrected chi connectivity index (χ1v) is 9.85. The van der Waals surface area contributed by atoms with Crippen LogP contribution in [0.15, 0.2) is 0 Å². The molecule has 0 radical (unpaired) electrons. The lowest BCUT2D eigenvalue weighted by molar-refractivity contribution is -0.183. The highest BCUT2D eigenvalue weighted by atomic mass is 32.1. The second-order valence-electron chi connectivity index (χ2n) is 7.71. The summed E-state index contributed by atoms with van der Waals surface area (Å²) in [5.41, 5.74) is 0.627. The maximum absolute atomic E-state index is 13.0. The number of aromatic nitrogens is 2. The van der Waals surface area contributed by atoms with Crippen LogP contribution in [0.2, 0.25) is 0 Å². The maximum atomic E-state index is 13.0. The number of aryl methyl sites for hydroxylation is 1. The van der Waals surface area contributed by atoms with E-state index in [9.17, 15) is 4.79 Å². The van der Waals surface area contributed by atoms with Crippen molar-refractivity contribution in [2.45, 2.75) is 46.0 Å². The zero-order valence-corrected chi connectivity index (χ0v) is 17.0. The van der Waals surface area contributed by atoms with Crippen molar-refractivity contribution < 1.29 is 23.7 Å². The minimum Gasteiger partial charge on any atom is -0.480 e. The van der Waals surface area contributed by atoms with Crippen molar-refractivity contribution in [3.63, 3.8) is 0 Å². The Bertz CT molecular complexity index is 894. The van der Waals surface area contributed by atoms with E-state index in [0.29, 0.717) is 27.3 Å². The smallest absolute Gasteiger partial charge is 0.348 e. The molecular weight excluding hydrogens is 368 g/mol. The number of thiophene rings is 1. The van der Waals surface area contributed by atoms with Gasteiger partial charge in [-0.25, -0.2) is 9.78 Å². The van der Waals surface area contributed by atoms with Crippen molar-refractivity contribution in [2.75, 3.05) is 20.8 Å². The molecule has 1 aliphatic carbocycles. The van der Waals surface area contributed by atoms with Crippen LogP contribution in [0, 0.1) is 18.3 Å². The zero-order valence-electron chi connectivity index (χ0n) is 16.2. The monoisotopic (exact) mass is 392 g/mol. The number of carbonyl (C=O) groups excluding carboxylic acids is 1. The van der Waals surface area contributed by atoms with Crippen LogP contribution < -0.4 is 4.74 Å². The third-order valence-electron chi connectivity index (χ3n) is 5.68. The van der Waals surface area contributed by atoms with Gasteiger partial charge in [0.1, 0.15) is 22.4 Å². The lowest BCUT2D eigenvalue weighted by atomic mass is 9.59. The molecule has 0 unspecified atom stereocenters. The van der Waals surface area contributed by atoms with Crippen molar-refractivity contribution in [2.24, 2.45) is 11.3 Å². The Kier molecular flexibility index (Phi) is 4.60. The Hall–Kier alpha value is -1.77. The zero-order chi connectivity index (χ0) is 19.3. The predicted octanol–water partition coefficient (Wildman–Crippen LogP) is 3.13. The summed E-state index contributed by atoms with van der Waals surface area (Å²) in [4.78, 5) is 23.1. The van der Waals surface area contributed by atoms with Gasteiger partial charge in [-0.3, -0.25) is 0 Å². The number of ether oxygens (including phenoxy) is 4. The Morgan fingerprint density at radius 2 is 2.11 bits per heavy atom. The van der Waals surface area contributed by atoms with E-state index in [1.165, 1.54) is 11.3 Å². The van der Waals surface area contributed by atoms with Gasteiger partial charge < -0.3 is 18.9 Å². The van der Waals surface area contributed by atoms with Gasteiger partial charge in [0, 0.05) is 25.0 Å². The molecule has 0 N–H and O–H groups in total. The molecule has 1 saturated carbocycles. The summed E-state index contributed by atoms with van der Waals surface area (Å²) >= 11 is 1.31. The highest BCUT2D eigenvalue weighted by Crippen LogP contribution is 2.54. The summed E-state index contributed by atoms with van der Waals surface area (Å²) in [6, 6.07) is 0. The third-order valence-corrected chi connectivity index (χ3v) is 6.85. The standard InChI is InChI=1S/C19H24N2O5S/c1-9-12-16(24-5)20-11(8-23-4)21-17(12)27-13(9)18(22)26-15-10-6-7-25-14(10)19(15,2)3/h10,14-15H,6-8H2,1-5H3/t10-,14-,15+/m0/s1. The van der Waals surface area contributed by atoms with E-state index in [2.05, 4.69) is 23.8 Å². The second-order valence-corrected chi connectivity index (χ2v) is 8.71. The molecule has 27 heavy (non-hydrogen) atoms. The normalized spacial score (nSPS) is 25.9. The SMILES string of the molecule is COCc1nc(OC)c2c(C)c(C(=O)O[C@@H]3[C@H]4CCO[C@@H]4C3(C)C)sc2n1. The van der Waals surface area contributed by atoms with E-state index in [1.807, 2.05) is 6.92 Å². The molecule has 0 bridgehead atoms. The van der Waals surface area contributed by atoms with Crippen LogP contribution in [-0.2, 0) is 20.8 Å². The molecule has 3 atom stereocenters. The minimum absolute atomic E-state index is 0.126. The fourth-order valence-electron chi connectivity index (χ4n) is 4.37. The molecule has 4 rings (SSSR count). The van der Waals surface area contributed by atoms with E-state index in [1.54, 1.807) is 14.2 Å². The Morgan fingerprint density at radius 3 is 2.81 bits per heavy atom. The molecule has 2 aromatic rings. The first-order chi connectivity index (χ1) is 12.9. The molecule has 1 aliphatic heterocycles. The predicted molar refractivity (Wildman–Crippen MR) is 100 cm³/mol. The number of hydrogen-bond acceptors (Lipinski definition) is 8. The number of carbonyl (C=O) groups is 1. The first-order valence-electron chi connectivity index (χ1n) is 9.04. The van der Waals surface area contributed by atoms with Gasteiger partial charge >= 0.3 is 5.97 Å². The maximum Gasteiger partial charge on any atom is 0.348 e. The van der Waals surface area contributed by atoms with Crippen molar-refractivity contribution in [3.05, 3.63) is 16.3 Å². The van der Waals surface area contributed by atoms with Crippen LogP contribution in [-0.4, -0.2) is 49.0 Å². The van der Waals surface area contributed by atoms with Crippen molar-refractivity contribution in [1.29, 1.82) is 0 Å². The highest BCUT2D eigenvalue weighted by molar-refractivity contribution is 7.20. The summed E-state index contributed by atoms with van der Waals surface area (Å²) in [6.45, 7) is 7.10. The Balaban J connectivity index is 1.65. The number of rotatable bonds is 5. The largest absolute Gasteiger partial charge is 0.480 e. The van der Waals surface area contributed by atoms with Crippen LogP contribution in [0.1, 0.15) is 41.3 Å². The number of fused-ring (bicyclic) bond motifs is 2. The third kappa shape index (κ3) is 2.81. The summed E-state index contributed by atoms with van der Waals surface area (Å²) in [5.74, 6) is 0.956. The highest BCUT2D eigenvalue weighted by Gasteiger charge is 2.61. The summed E-state index contributed by atoms with van der Waals surface area (Å²) < 4.78 is 22.3. The van der Waals surface area contributed by atoms with Crippen LogP contribution in [0.25, 0.3) is 10.2 Å². The molecule has 146 valence electrons. The fraction of sp³-hybridized carbons (Fsp3) is 0.632. The summed E-state index contributed by atoms with van der Waals surface area (Å²) in [5, 5.41) is 0.754. The quantitative estimate of drug-likeness (QED) is 0.723. The lowest BCUT2D eigenvalue weighted by Crippen LogP contribution is -2.61. The van der Waals surface area contributed by atoms with E-state index in [0.717, 1.165) is 24.0 Å². The Labute approximate surface area is 162 Å². The molecule has 0 aromatic carbocycles. The molecule has 0 spiro atoms. The Morgan fingerprint density at radius 1 is 1.33 bits per heavy atom. The van der Waals surface area contributed by atoms with Crippen molar-refractivity contribution in [1.82, 2.24) is 9.97 Å². The lowest BCUT2D eigenvalue weighted by Gasteiger charge is -2.53. The average molecular weight is 392 g/mol. The van der Waals surface area contributed by atoms with Gasteiger partial charge in [-0.2, -0.15) is 4.98 Å². The molecule has 7 nitrogen and oxygen atoms in total. The van der Waals surface area contributed by atoms with Gasteiger partial charge in [-0.05, 0) is 18.9 Å². The van der Waals surface area contributed by atoms with Gasteiger partial charge in [0.25, 0.3) is 0 Å². The van der Waals surface area contributed by atoms with Crippen molar-refractivity contribution in [3.8, 4) is 5.88 Å². The average Bonchev–Trinajstić information content (AvgIpc) is 3.23. The number of esters is 1. The molecular formula is C19H24N2O5S. The fourth-order valence-corrected chi connectivity index (χ4v) is 5.44. The van der Waals surface area contributed by atoms with Crippen LogP contribution in [0.3, 0.4) is 0 Å². The van der Waals surface area contributed by atoms with E-state index < -0.39 is 0 Å². The van der Waals surface area contributed by atoms with E-state index in [-0.39, 0.29) is 30.2 Å². The number of methoxy groups -OCH3 is 2. The second kappa shape index (κ2) is 6.68. The van der Waals surface area contributed by atoms with Crippen LogP contribution >= 0.6 is 11.3 Å².